The molecule has 4 N–H and O–H groups in total. The zero-order valence-corrected chi connectivity index (χ0v) is 11.5. The van der Waals surface area contributed by atoms with Gasteiger partial charge < -0.3 is 20.8 Å². The molecule has 106 valence electrons. The van der Waals surface area contributed by atoms with Crippen molar-refractivity contribution in [3.63, 3.8) is 0 Å². The number of benzene rings is 1. The molecule has 1 aromatic heterocycles. The molecule has 0 aliphatic heterocycles. The lowest BCUT2D eigenvalue weighted by atomic mass is 10.1. The van der Waals surface area contributed by atoms with Crippen LogP contribution >= 0.6 is 0 Å². The molecule has 0 spiro atoms. The molecule has 1 aromatic carbocycles. The second-order valence-electron chi connectivity index (χ2n) is 4.37. The number of imidazole rings is 1. The van der Waals surface area contributed by atoms with E-state index in [0.717, 1.165) is 12.2 Å². The number of amides is 1. The van der Waals surface area contributed by atoms with Crippen LogP contribution in [0.3, 0.4) is 0 Å². The summed E-state index contributed by atoms with van der Waals surface area (Å²) in [7, 11) is 1.52. The van der Waals surface area contributed by atoms with Gasteiger partial charge in [-0.1, -0.05) is 6.92 Å². The van der Waals surface area contributed by atoms with Crippen LogP contribution < -0.4 is 15.8 Å². The van der Waals surface area contributed by atoms with Gasteiger partial charge in [0.15, 0.2) is 0 Å². The first kappa shape index (κ1) is 13.9. The first-order valence-electron chi connectivity index (χ1n) is 6.39. The number of nitrogens with one attached hydrogen (secondary N) is 2. The topological polar surface area (TPSA) is 93.0 Å². The van der Waals surface area contributed by atoms with E-state index in [2.05, 4.69) is 15.3 Å². The number of hydrogen-bond donors (Lipinski definition) is 3. The standard InChI is InChI=1S/C14H18N4O2/c1-3-11(13-16-6-7-17-13)18-14(19)10-8-9(15)4-5-12(10)20-2/h4-8,11H,3,15H2,1-2H3,(H,16,17)(H,18,19). The molecule has 0 saturated heterocycles. The smallest absolute Gasteiger partial charge is 0.255 e. The highest BCUT2D eigenvalue weighted by Gasteiger charge is 2.18. The van der Waals surface area contributed by atoms with Crippen molar-refractivity contribution in [2.75, 3.05) is 12.8 Å². The van der Waals surface area contributed by atoms with Crippen LogP contribution in [0.15, 0.2) is 30.6 Å². The summed E-state index contributed by atoms with van der Waals surface area (Å²) in [5.41, 5.74) is 6.65. The number of nitrogens with two attached hydrogens (primary N) is 1. The van der Waals surface area contributed by atoms with E-state index >= 15 is 0 Å². The molecule has 6 nitrogen and oxygen atoms in total. The van der Waals surface area contributed by atoms with Gasteiger partial charge in [0.05, 0.1) is 18.7 Å². The molecule has 0 fully saturated rings. The molecule has 20 heavy (non-hydrogen) atoms. The predicted octanol–water partition coefficient (Wildman–Crippen LogP) is 1.88. The van der Waals surface area contributed by atoms with Crippen molar-refractivity contribution >= 4 is 11.6 Å². The third kappa shape index (κ3) is 2.90. The molecule has 0 aliphatic rings. The third-order valence-electron chi connectivity index (χ3n) is 3.03. The van der Waals surface area contributed by atoms with Crippen LogP contribution in [0.2, 0.25) is 0 Å². The van der Waals surface area contributed by atoms with Crippen molar-refractivity contribution in [2.24, 2.45) is 0 Å². The minimum Gasteiger partial charge on any atom is -0.496 e. The van der Waals surface area contributed by atoms with E-state index in [9.17, 15) is 4.79 Å². The second-order valence-corrected chi connectivity index (χ2v) is 4.37. The number of aromatic nitrogens is 2. The number of nitrogens with zero attached hydrogens (tertiary/aromatic N) is 1. The summed E-state index contributed by atoms with van der Waals surface area (Å²) in [5.74, 6) is 0.979. The Morgan fingerprint density at radius 3 is 2.95 bits per heavy atom. The Bertz CT molecular complexity index is 581. The van der Waals surface area contributed by atoms with Crippen LogP contribution in [0.1, 0.15) is 35.6 Å². The summed E-state index contributed by atoms with van der Waals surface area (Å²) < 4.78 is 5.19. The lowest BCUT2D eigenvalue weighted by Gasteiger charge is -2.16. The van der Waals surface area contributed by atoms with Crippen LogP contribution in [0, 0.1) is 0 Å². The highest BCUT2D eigenvalue weighted by Crippen LogP contribution is 2.22. The first-order valence-corrected chi connectivity index (χ1v) is 6.39. The van der Waals surface area contributed by atoms with E-state index < -0.39 is 0 Å². The molecular weight excluding hydrogens is 256 g/mol. The Balaban J connectivity index is 2.21. The minimum absolute atomic E-state index is 0.177. The Hall–Kier alpha value is -2.50. The molecule has 0 bridgehead atoms. The SMILES string of the molecule is CCC(NC(=O)c1cc(N)ccc1OC)c1ncc[nH]1. The van der Waals surface area contributed by atoms with Crippen LogP contribution in [-0.4, -0.2) is 23.0 Å². The predicted molar refractivity (Wildman–Crippen MR) is 76.5 cm³/mol. The molecule has 1 atom stereocenters. The summed E-state index contributed by atoms with van der Waals surface area (Å²) in [6, 6.07) is 4.80. The van der Waals surface area contributed by atoms with Gasteiger partial charge in [-0.05, 0) is 24.6 Å². The Morgan fingerprint density at radius 1 is 1.55 bits per heavy atom. The monoisotopic (exact) mass is 274 g/mol. The van der Waals surface area contributed by atoms with E-state index in [-0.39, 0.29) is 11.9 Å². The Labute approximate surface area is 117 Å². The van der Waals surface area contributed by atoms with E-state index in [1.807, 2.05) is 6.92 Å². The van der Waals surface area contributed by atoms with Gasteiger partial charge in [0.25, 0.3) is 5.91 Å². The summed E-state index contributed by atoms with van der Waals surface area (Å²) in [6.45, 7) is 1.98. The number of carbonyl (C=O) groups excluding carboxylic acids is 1. The first-order chi connectivity index (χ1) is 9.65. The maximum atomic E-state index is 12.4. The van der Waals surface area contributed by atoms with Gasteiger partial charge in [0, 0.05) is 18.1 Å². The maximum absolute atomic E-state index is 12.4. The molecule has 1 unspecified atom stereocenters. The average molecular weight is 274 g/mol. The lowest BCUT2D eigenvalue weighted by molar-refractivity contribution is 0.0931. The zero-order valence-electron chi connectivity index (χ0n) is 11.5. The van der Waals surface area contributed by atoms with Crippen molar-refractivity contribution in [3.8, 4) is 5.75 Å². The number of H-pyrrole nitrogens is 1. The molecular formula is C14H18N4O2. The van der Waals surface area contributed by atoms with Crippen LogP contribution in [-0.2, 0) is 0 Å². The van der Waals surface area contributed by atoms with Gasteiger partial charge in [-0.2, -0.15) is 0 Å². The maximum Gasteiger partial charge on any atom is 0.255 e. The third-order valence-corrected chi connectivity index (χ3v) is 3.03. The van der Waals surface area contributed by atoms with Gasteiger partial charge in [-0.15, -0.1) is 0 Å². The Kier molecular flexibility index (Phi) is 4.24. The molecule has 0 saturated carbocycles. The zero-order chi connectivity index (χ0) is 14.5. The van der Waals surface area contributed by atoms with Gasteiger partial charge >= 0.3 is 0 Å². The number of aromatic amines is 1. The van der Waals surface area contributed by atoms with Crippen molar-refractivity contribution in [1.29, 1.82) is 0 Å². The highest BCUT2D eigenvalue weighted by molar-refractivity contribution is 5.98. The van der Waals surface area contributed by atoms with E-state index in [1.165, 1.54) is 7.11 Å². The molecule has 2 aromatic rings. The van der Waals surface area contributed by atoms with E-state index in [4.69, 9.17) is 10.5 Å². The van der Waals surface area contributed by atoms with Crippen molar-refractivity contribution < 1.29 is 9.53 Å². The molecule has 0 aliphatic carbocycles. The molecule has 1 amide bonds. The Morgan fingerprint density at radius 2 is 2.35 bits per heavy atom. The van der Waals surface area contributed by atoms with Crippen molar-refractivity contribution in [1.82, 2.24) is 15.3 Å². The number of rotatable bonds is 5. The fourth-order valence-electron chi connectivity index (χ4n) is 1.97. The quantitative estimate of drug-likeness (QED) is 0.726. The fraction of sp³-hybridized carbons (Fsp3) is 0.286. The fourth-order valence-corrected chi connectivity index (χ4v) is 1.97. The van der Waals surface area contributed by atoms with E-state index in [1.54, 1.807) is 30.6 Å². The lowest BCUT2D eigenvalue weighted by Crippen LogP contribution is -2.29. The van der Waals surface area contributed by atoms with Crippen LogP contribution in [0.5, 0.6) is 5.75 Å². The number of methoxy groups -OCH3 is 1. The number of anilines is 1. The second kappa shape index (κ2) is 6.10. The van der Waals surface area contributed by atoms with Gasteiger partial charge in [-0.25, -0.2) is 4.98 Å². The summed E-state index contributed by atoms with van der Waals surface area (Å²) in [6.07, 6.45) is 4.11. The normalized spacial score (nSPS) is 11.9. The largest absolute Gasteiger partial charge is 0.496 e. The van der Waals surface area contributed by atoms with Crippen molar-refractivity contribution in [2.45, 2.75) is 19.4 Å². The van der Waals surface area contributed by atoms with Gasteiger partial charge in [-0.3, -0.25) is 4.79 Å². The summed E-state index contributed by atoms with van der Waals surface area (Å²) in [5, 5.41) is 2.92. The molecule has 1 heterocycles. The number of ether oxygens (including phenoxy) is 1. The van der Waals surface area contributed by atoms with Gasteiger partial charge in [0.1, 0.15) is 11.6 Å². The number of carbonyl (C=O) groups is 1. The number of hydrogen-bond acceptors (Lipinski definition) is 4. The van der Waals surface area contributed by atoms with E-state index in [0.29, 0.717) is 17.0 Å². The average Bonchev–Trinajstić information content (AvgIpc) is 2.98. The number of nitrogen functional groups attached to an aromatic ring is 1. The molecule has 6 heteroatoms. The van der Waals surface area contributed by atoms with Crippen molar-refractivity contribution in [3.05, 3.63) is 42.0 Å². The van der Waals surface area contributed by atoms with Crippen LogP contribution in [0.25, 0.3) is 0 Å². The molecule has 2 rings (SSSR count). The summed E-state index contributed by atoms with van der Waals surface area (Å²) in [4.78, 5) is 19.5. The van der Waals surface area contributed by atoms with Crippen LogP contribution in [0.4, 0.5) is 5.69 Å². The minimum atomic E-state index is -0.239. The highest BCUT2D eigenvalue weighted by atomic mass is 16.5. The summed E-state index contributed by atoms with van der Waals surface area (Å²) >= 11 is 0. The molecule has 0 radical (unpaired) electrons. The van der Waals surface area contributed by atoms with Gasteiger partial charge in [0.2, 0.25) is 0 Å².